The van der Waals surface area contributed by atoms with Crippen LogP contribution in [0.5, 0.6) is 11.5 Å². The molecule has 1 amide bonds. The number of anilines is 2. The van der Waals surface area contributed by atoms with Gasteiger partial charge in [-0.2, -0.15) is 4.98 Å². The van der Waals surface area contributed by atoms with E-state index in [9.17, 15) is 4.79 Å². The quantitative estimate of drug-likeness (QED) is 0.788. The van der Waals surface area contributed by atoms with Crippen LogP contribution in [0.25, 0.3) is 10.9 Å². The van der Waals surface area contributed by atoms with Crippen LogP contribution >= 0.6 is 0 Å². The van der Waals surface area contributed by atoms with Gasteiger partial charge in [0.1, 0.15) is 11.9 Å². The smallest absolute Gasteiger partial charge is 0.251 e. The number of rotatable bonds is 5. The summed E-state index contributed by atoms with van der Waals surface area (Å²) in [6, 6.07) is -2.29. The summed E-state index contributed by atoms with van der Waals surface area (Å²) >= 11 is 0. The lowest BCUT2D eigenvalue weighted by Gasteiger charge is -2.35. The predicted molar refractivity (Wildman–Crippen MR) is 105 cm³/mol. The van der Waals surface area contributed by atoms with E-state index in [4.69, 9.17) is 39.0 Å². The first kappa shape index (κ1) is 6.91. The van der Waals surface area contributed by atoms with Gasteiger partial charge < -0.3 is 29.7 Å². The Morgan fingerprint density at radius 3 is 2.79 bits per heavy atom. The number of hydrogen-bond donors (Lipinski definition) is 1. The van der Waals surface area contributed by atoms with Gasteiger partial charge in [0.15, 0.2) is 14.3 Å². The van der Waals surface area contributed by atoms with Gasteiger partial charge in [-0.25, -0.2) is 4.98 Å². The molecule has 150 valence electrons. The van der Waals surface area contributed by atoms with E-state index in [-0.39, 0.29) is 28.5 Å². The standard InChI is InChI=1S/C19H25N5O4/c1-26-15-10-12-13(11-16(15)27-2)21-19(22-17(12)20)24-7-5-23(6-8-24)18(25)14-4-3-9-28-14/h10-11,14H,3-9H2,1-2H3,(H2,20,21,22)/i1D3,2D3,5D2,6D2,7D2,8D2,10D,11D/hD2. The second-order valence-corrected chi connectivity index (χ2v) is 5.64. The highest BCUT2D eigenvalue weighted by atomic mass is 16.5. The third-order valence-corrected chi connectivity index (χ3v) is 3.93. The summed E-state index contributed by atoms with van der Waals surface area (Å²) in [7, 11) is -6.74. The number of hydrogen-bond acceptors (Lipinski definition) is 8. The molecule has 9 heteroatoms. The van der Waals surface area contributed by atoms with Crippen molar-refractivity contribution in [2.24, 2.45) is 0 Å². The average molecular weight is 406 g/mol. The number of aromatic nitrogens is 2. The van der Waals surface area contributed by atoms with E-state index in [0.29, 0.717) is 6.42 Å². The normalized spacial score (nSPS) is 37.2. The Balaban J connectivity index is 2.06. The van der Waals surface area contributed by atoms with Gasteiger partial charge in [-0.05, 0) is 18.9 Å². The van der Waals surface area contributed by atoms with E-state index in [1.807, 2.05) is 0 Å². The van der Waals surface area contributed by atoms with Crippen molar-refractivity contribution >= 4 is 28.6 Å². The molecular formula is C19H25N5O4. The Kier molecular flexibility index (Phi) is 1.89. The van der Waals surface area contributed by atoms with Crippen molar-refractivity contribution < 1.29 is 43.8 Å². The molecular weight excluding hydrogens is 362 g/mol. The molecule has 9 nitrogen and oxygen atoms in total. The highest BCUT2D eigenvalue weighted by Crippen LogP contribution is 2.34. The van der Waals surface area contributed by atoms with E-state index in [1.54, 1.807) is 0 Å². The molecule has 1 unspecified atom stereocenters. The minimum atomic E-state index is -3.76. The molecule has 2 aliphatic heterocycles. The second kappa shape index (κ2) is 7.67. The number of fused-ring (bicyclic) bond motifs is 1. The van der Waals surface area contributed by atoms with Gasteiger partial charge in [-0.1, -0.05) is 0 Å². The molecule has 1 aromatic carbocycles. The molecule has 2 saturated heterocycles. The van der Waals surface area contributed by atoms with Crippen LogP contribution in [-0.2, 0) is 9.53 Å². The van der Waals surface area contributed by atoms with E-state index in [1.165, 1.54) is 0 Å². The highest BCUT2D eigenvalue weighted by molar-refractivity contribution is 5.91. The summed E-state index contributed by atoms with van der Waals surface area (Å²) in [6.07, 6.45) is -1.05. The Morgan fingerprint density at radius 1 is 1.32 bits per heavy atom. The molecule has 0 aliphatic carbocycles. The predicted octanol–water partition coefficient (Wildman–Crippen LogP) is 1.06. The molecule has 28 heavy (non-hydrogen) atoms. The van der Waals surface area contributed by atoms with Crippen LogP contribution in [0.15, 0.2) is 12.1 Å². The fourth-order valence-corrected chi connectivity index (χ4v) is 2.60. The van der Waals surface area contributed by atoms with Gasteiger partial charge in [0.2, 0.25) is 5.95 Å². The SMILES string of the molecule is [2H]c1c(OC([2H])([2H])[2H])c(OC([2H])([2H])[2H])c([2H])c2c(N([2H])[2H])nc(N3C([2H])([2H])C([2H])([2H])N(C(=O)C4CCCO4)C([2H])([2H])C3([2H])[2H])nc12. The van der Waals surface area contributed by atoms with Crippen molar-refractivity contribution in [2.45, 2.75) is 18.9 Å². The van der Waals surface area contributed by atoms with Crippen LogP contribution in [0.2, 0.25) is 2.82 Å². The third-order valence-electron chi connectivity index (χ3n) is 3.93. The van der Waals surface area contributed by atoms with E-state index in [0.717, 1.165) is 0 Å². The van der Waals surface area contributed by atoms with Gasteiger partial charge in [-0.15, -0.1) is 0 Å². The molecule has 2 aliphatic rings. The van der Waals surface area contributed by atoms with Gasteiger partial charge in [0.05, 0.1) is 41.5 Å². The lowest BCUT2D eigenvalue weighted by atomic mass is 10.2. The topological polar surface area (TPSA) is 103 Å². The zero-order valence-electron chi connectivity index (χ0n) is 32.1. The summed E-state index contributed by atoms with van der Waals surface area (Å²) < 4.78 is 161. The first-order valence-corrected chi connectivity index (χ1v) is 7.95. The Morgan fingerprint density at radius 2 is 2.11 bits per heavy atom. The number of carbonyl (C=O) groups is 1. The Bertz CT molecular complexity index is 1510. The number of methoxy groups -OCH3 is 2. The maximum absolute atomic E-state index is 13.3. The van der Waals surface area contributed by atoms with E-state index < -0.39 is 98.3 Å². The summed E-state index contributed by atoms with van der Waals surface area (Å²) in [6.45, 7) is -14.9. The second-order valence-electron chi connectivity index (χ2n) is 5.64. The van der Waals surface area contributed by atoms with Crippen LogP contribution in [0, 0.1) is 0 Å². The van der Waals surface area contributed by atoms with Gasteiger partial charge in [0.25, 0.3) is 5.91 Å². The molecule has 1 aromatic heterocycles. The first-order valence-electron chi connectivity index (χ1n) is 16.8. The molecule has 4 rings (SSSR count). The third kappa shape index (κ3) is 3.37. The molecule has 2 N–H and O–H groups in total. The van der Waals surface area contributed by atoms with Crippen molar-refractivity contribution in [3.8, 4) is 11.5 Å². The number of nitrogen functional groups attached to an aromatic ring is 1. The summed E-state index contributed by atoms with van der Waals surface area (Å²) in [5.74, 6) is -6.12. The van der Waals surface area contributed by atoms with Crippen molar-refractivity contribution in [2.75, 3.05) is 57.3 Å². The largest absolute Gasteiger partial charge is 0.493 e. The monoisotopic (exact) mass is 405 g/mol. The number of amides is 1. The lowest BCUT2D eigenvalue weighted by molar-refractivity contribution is -0.141. The Hall–Kier alpha value is -2.81. The fraction of sp³-hybridized carbons (Fsp3) is 0.526. The van der Waals surface area contributed by atoms with E-state index in [2.05, 4.69) is 9.97 Å². The number of ether oxygens (including phenoxy) is 3. The van der Waals surface area contributed by atoms with Crippen LogP contribution in [0.3, 0.4) is 0 Å². The van der Waals surface area contributed by atoms with Gasteiger partial charge in [0, 0.05) is 44.0 Å². The molecule has 0 radical (unpaired) electrons. The lowest BCUT2D eigenvalue weighted by Crippen LogP contribution is -2.51. The molecule has 0 saturated carbocycles. The summed E-state index contributed by atoms with van der Waals surface area (Å²) in [5.41, 5.74) is -1.28. The van der Waals surface area contributed by atoms with Crippen LogP contribution in [-0.4, -0.2) is 73.5 Å². The molecule has 2 fully saturated rings. The molecule has 3 heterocycles. The molecule has 2 aromatic rings. The summed E-state index contributed by atoms with van der Waals surface area (Å²) in [4.78, 5) is 20.3. The van der Waals surface area contributed by atoms with Gasteiger partial charge in [-0.3, -0.25) is 4.79 Å². The minimum Gasteiger partial charge on any atom is -0.493 e. The zero-order valence-corrected chi connectivity index (χ0v) is 14.1. The van der Waals surface area contributed by atoms with Crippen molar-refractivity contribution in [1.82, 2.24) is 14.9 Å². The van der Waals surface area contributed by atoms with E-state index >= 15 is 0 Å². The average Bonchev–Trinajstić information content (AvgIpc) is 3.41. The highest BCUT2D eigenvalue weighted by Gasteiger charge is 2.31. The van der Waals surface area contributed by atoms with Crippen molar-refractivity contribution in [3.63, 3.8) is 0 Å². The molecule has 0 bridgehead atoms. The number of nitrogens with two attached hydrogens (primary N) is 1. The fourth-order valence-electron chi connectivity index (χ4n) is 2.60. The Labute approximate surface area is 188 Å². The number of carbonyl (C=O) groups excluding carboxylic acids is 1. The maximum atomic E-state index is 13.3. The molecule has 1 atom stereocenters. The number of nitrogens with zero attached hydrogens (tertiary/aromatic N) is 4. The van der Waals surface area contributed by atoms with Crippen LogP contribution in [0.1, 0.15) is 34.8 Å². The number of piperazine rings is 1. The maximum Gasteiger partial charge on any atom is 0.251 e. The minimum absolute atomic E-state index is 0.0209. The molecule has 0 spiro atoms. The first-order chi connectivity index (χ1) is 20.7. The van der Waals surface area contributed by atoms with Crippen LogP contribution < -0.4 is 20.1 Å². The van der Waals surface area contributed by atoms with Crippen molar-refractivity contribution in [1.29, 1.82) is 0 Å². The van der Waals surface area contributed by atoms with Crippen LogP contribution in [0.4, 0.5) is 11.8 Å². The number of benzene rings is 1. The zero-order chi connectivity index (χ0) is 35.2. The van der Waals surface area contributed by atoms with Crippen molar-refractivity contribution in [3.05, 3.63) is 12.1 Å². The summed E-state index contributed by atoms with van der Waals surface area (Å²) in [5, 5.41) is -0.824. The van der Waals surface area contributed by atoms with Gasteiger partial charge >= 0.3 is 0 Å².